The second-order valence-electron chi connectivity index (χ2n) is 9.54. The monoisotopic (exact) mass is 435 g/mol. The fourth-order valence-corrected chi connectivity index (χ4v) is 5.27. The van der Waals surface area contributed by atoms with Crippen LogP contribution in [0.2, 0.25) is 0 Å². The molecule has 2 aliphatic heterocycles. The quantitative estimate of drug-likeness (QED) is 0.733. The summed E-state index contributed by atoms with van der Waals surface area (Å²) in [5.74, 6) is -0.552. The summed E-state index contributed by atoms with van der Waals surface area (Å²) < 4.78 is 14.8. The third-order valence-electron chi connectivity index (χ3n) is 7.38. The number of amides is 2. The van der Waals surface area contributed by atoms with Gasteiger partial charge in [-0.05, 0) is 55.0 Å². The number of carbonyl (C=O) groups is 2. The van der Waals surface area contributed by atoms with Gasteiger partial charge >= 0.3 is 0 Å². The first-order valence-corrected chi connectivity index (χ1v) is 11.6. The molecular weight excluding hydrogens is 405 g/mol. The molecule has 5 rings (SSSR count). The highest BCUT2D eigenvalue weighted by molar-refractivity contribution is 5.98. The number of likely N-dealkylation sites (tertiary alicyclic amines) is 1. The van der Waals surface area contributed by atoms with E-state index in [2.05, 4.69) is 9.80 Å². The maximum atomic E-state index is 14.8. The SMILES string of the molecule is CN(C)C(=O)c1ccc(-c2ccc3c(c2)CCN([C@@H]2CCN(C4CCC4)C2)C3=O)c(F)c1. The van der Waals surface area contributed by atoms with E-state index in [1.54, 1.807) is 26.2 Å². The molecule has 2 fully saturated rings. The number of carbonyl (C=O) groups excluding carboxylic acids is 2. The topological polar surface area (TPSA) is 43.9 Å². The Hall–Kier alpha value is -2.73. The van der Waals surface area contributed by atoms with Gasteiger partial charge < -0.3 is 9.80 Å². The van der Waals surface area contributed by atoms with Crippen molar-refractivity contribution < 1.29 is 14.0 Å². The second kappa shape index (κ2) is 8.32. The van der Waals surface area contributed by atoms with Crippen molar-refractivity contribution in [3.8, 4) is 11.1 Å². The summed E-state index contributed by atoms with van der Waals surface area (Å²) in [5.41, 5.74) is 3.23. The molecule has 1 aliphatic carbocycles. The largest absolute Gasteiger partial charge is 0.345 e. The Bertz CT molecular complexity index is 1060. The molecule has 0 spiro atoms. The number of rotatable bonds is 4. The predicted octanol–water partition coefficient (Wildman–Crippen LogP) is 3.82. The van der Waals surface area contributed by atoms with E-state index in [4.69, 9.17) is 0 Å². The van der Waals surface area contributed by atoms with Crippen LogP contribution in [0.4, 0.5) is 4.39 Å². The van der Waals surface area contributed by atoms with Crippen molar-refractivity contribution in [2.45, 2.75) is 44.2 Å². The van der Waals surface area contributed by atoms with Gasteiger partial charge in [-0.2, -0.15) is 0 Å². The summed E-state index contributed by atoms with van der Waals surface area (Å²) in [7, 11) is 3.29. The molecule has 1 saturated carbocycles. The minimum Gasteiger partial charge on any atom is -0.345 e. The average molecular weight is 436 g/mol. The molecule has 32 heavy (non-hydrogen) atoms. The van der Waals surface area contributed by atoms with Crippen LogP contribution >= 0.6 is 0 Å². The van der Waals surface area contributed by atoms with E-state index >= 15 is 0 Å². The lowest BCUT2D eigenvalue weighted by molar-refractivity contribution is 0.0646. The number of hydrogen-bond acceptors (Lipinski definition) is 3. The van der Waals surface area contributed by atoms with Crippen molar-refractivity contribution in [3.05, 3.63) is 58.9 Å². The molecule has 6 heteroatoms. The molecule has 1 saturated heterocycles. The zero-order valence-electron chi connectivity index (χ0n) is 18.8. The predicted molar refractivity (Wildman–Crippen MR) is 122 cm³/mol. The lowest BCUT2D eigenvalue weighted by Gasteiger charge is -2.37. The standard InChI is InChI=1S/C26H30FN3O2/c1-28(2)25(31)19-7-8-22(24(27)15-19)17-6-9-23-18(14-17)10-13-30(26(23)32)21-11-12-29(16-21)20-4-3-5-20/h6-9,14-15,20-21H,3-5,10-13,16H2,1-2H3/t21-/m1/s1. The second-order valence-corrected chi connectivity index (χ2v) is 9.54. The normalized spacial score (nSPS) is 21.4. The van der Waals surface area contributed by atoms with Gasteiger partial charge in [0.05, 0.1) is 0 Å². The lowest BCUT2D eigenvalue weighted by Crippen LogP contribution is -2.47. The number of halogens is 1. The minimum absolute atomic E-state index is 0.102. The zero-order chi connectivity index (χ0) is 22.4. The highest BCUT2D eigenvalue weighted by Gasteiger charge is 2.37. The van der Waals surface area contributed by atoms with Crippen LogP contribution in [-0.2, 0) is 6.42 Å². The van der Waals surface area contributed by atoms with Gasteiger partial charge in [0.25, 0.3) is 11.8 Å². The van der Waals surface area contributed by atoms with E-state index in [-0.39, 0.29) is 11.8 Å². The van der Waals surface area contributed by atoms with Gasteiger partial charge in [0.1, 0.15) is 5.82 Å². The van der Waals surface area contributed by atoms with Gasteiger partial charge in [-0.1, -0.05) is 24.6 Å². The first-order chi connectivity index (χ1) is 15.4. The average Bonchev–Trinajstić information content (AvgIpc) is 3.20. The Morgan fingerprint density at radius 3 is 2.47 bits per heavy atom. The number of fused-ring (bicyclic) bond motifs is 1. The van der Waals surface area contributed by atoms with Crippen molar-refractivity contribution in [2.75, 3.05) is 33.7 Å². The Morgan fingerprint density at radius 2 is 1.78 bits per heavy atom. The van der Waals surface area contributed by atoms with Crippen LogP contribution in [0.3, 0.4) is 0 Å². The lowest BCUT2D eigenvalue weighted by atomic mass is 9.91. The number of nitrogens with zero attached hydrogens (tertiary/aromatic N) is 3. The summed E-state index contributed by atoms with van der Waals surface area (Å²) in [6, 6.07) is 11.2. The molecule has 2 aromatic carbocycles. The fraction of sp³-hybridized carbons (Fsp3) is 0.462. The molecule has 0 unspecified atom stereocenters. The van der Waals surface area contributed by atoms with Gasteiger partial charge in [-0.25, -0.2) is 4.39 Å². The molecule has 168 valence electrons. The van der Waals surface area contributed by atoms with E-state index < -0.39 is 5.82 Å². The van der Waals surface area contributed by atoms with Crippen molar-refractivity contribution in [1.29, 1.82) is 0 Å². The van der Waals surface area contributed by atoms with E-state index in [9.17, 15) is 14.0 Å². The number of benzene rings is 2. The van der Waals surface area contributed by atoms with Crippen LogP contribution in [0, 0.1) is 5.82 Å². The zero-order valence-corrected chi connectivity index (χ0v) is 18.8. The molecule has 0 radical (unpaired) electrons. The molecule has 2 aromatic rings. The molecule has 2 amide bonds. The Kier molecular flexibility index (Phi) is 5.49. The molecular formula is C26H30FN3O2. The van der Waals surface area contributed by atoms with E-state index in [0.717, 1.165) is 55.2 Å². The van der Waals surface area contributed by atoms with Crippen LogP contribution in [0.1, 0.15) is 52.0 Å². The summed E-state index contributed by atoms with van der Waals surface area (Å²) in [6.45, 7) is 2.81. The van der Waals surface area contributed by atoms with E-state index in [0.29, 0.717) is 17.2 Å². The third kappa shape index (κ3) is 3.71. The third-order valence-corrected chi connectivity index (χ3v) is 7.38. The van der Waals surface area contributed by atoms with Crippen molar-refractivity contribution >= 4 is 11.8 Å². The van der Waals surface area contributed by atoms with Crippen molar-refractivity contribution in [2.24, 2.45) is 0 Å². The van der Waals surface area contributed by atoms with Crippen LogP contribution in [0.25, 0.3) is 11.1 Å². The summed E-state index contributed by atoms with van der Waals surface area (Å²) in [5, 5.41) is 0. The smallest absolute Gasteiger partial charge is 0.254 e. The molecule has 2 heterocycles. The maximum absolute atomic E-state index is 14.8. The van der Waals surface area contributed by atoms with Gasteiger partial charge in [-0.3, -0.25) is 14.5 Å². The highest BCUT2D eigenvalue weighted by atomic mass is 19.1. The minimum atomic E-state index is -0.427. The highest BCUT2D eigenvalue weighted by Crippen LogP contribution is 2.33. The molecule has 0 aromatic heterocycles. The van der Waals surface area contributed by atoms with Crippen LogP contribution in [0.15, 0.2) is 36.4 Å². The first-order valence-electron chi connectivity index (χ1n) is 11.6. The van der Waals surface area contributed by atoms with Crippen molar-refractivity contribution in [3.63, 3.8) is 0 Å². The van der Waals surface area contributed by atoms with Gasteiger partial charge in [0, 0.05) is 62.5 Å². The molecule has 3 aliphatic rings. The van der Waals surface area contributed by atoms with Crippen LogP contribution in [0.5, 0.6) is 0 Å². The number of hydrogen-bond donors (Lipinski definition) is 0. The van der Waals surface area contributed by atoms with E-state index in [1.807, 2.05) is 18.2 Å². The summed E-state index contributed by atoms with van der Waals surface area (Å²) >= 11 is 0. The molecule has 0 N–H and O–H groups in total. The van der Waals surface area contributed by atoms with Crippen LogP contribution < -0.4 is 0 Å². The maximum Gasteiger partial charge on any atom is 0.254 e. The van der Waals surface area contributed by atoms with Crippen LogP contribution in [-0.4, -0.2) is 72.3 Å². The fourth-order valence-electron chi connectivity index (χ4n) is 5.27. The van der Waals surface area contributed by atoms with Gasteiger partial charge in [0.2, 0.25) is 0 Å². The Labute approximate surface area is 188 Å². The molecule has 5 nitrogen and oxygen atoms in total. The van der Waals surface area contributed by atoms with E-state index in [1.165, 1.54) is 30.2 Å². The summed E-state index contributed by atoms with van der Waals surface area (Å²) in [6.07, 6.45) is 5.77. The molecule has 0 bridgehead atoms. The van der Waals surface area contributed by atoms with Gasteiger partial charge in [0.15, 0.2) is 0 Å². The Balaban J connectivity index is 1.34. The summed E-state index contributed by atoms with van der Waals surface area (Å²) in [4.78, 5) is 31.4. The molecule has 1 atom stereocenters. The van der Waals surface area contributed by atoms with Crippen molar-refractivity contribution in [1.82, 2.24) is 14.7 Å². The Morgan fingerprint density at radius 1 is 1.00 bits per heavy atom. The first kappa shape index (κ1) is 21.1. The van der Waals surface area contributed by atoms with Gasteiger partial charge in [-0.15, -0.1) is 0 Å².